The number of carbonyl (C=O) groups is 1. The first-order valence-electron chi connectivity index (χ1n) is 13.0. The van der Waals surface area contributed by atoms with Crippen LogP contribution in [-0.2, 0) is 19.5 Å². The van der Waals surface area contributed by atoms with Gasteiger partial charge in [0.1, 0.15) is 5.75 Å². The van der Waals surface area contributed by atoms with Gasteiger partial charge in [0.05, 0.1) is 6.61 Å². The van der Waals surface area contributed by atoms with E-state index < -0.39 is 0 Å². The molecule has 0 unspecified atom stereocenters. The van der Waals surface area contributed by atoms with E-state index in [9.17, 15) is 4.79 Å². The number of likely N-dealkylation sites (tertiary alicyclic amines) is 1. The van der Waals surface area contributed by atoms with Crippen LogP contribution >= 0.6 is 0 Å². The number of piperidine rings is 1. The predicted octanol–water partition coefficient (Wildman–Crippen LogP) is 5.63. The van der Waals surface area contributed by atoms with Gasteiger partial charge in [-0.25, -0.2) is 0 Å². The van der Waals surface area contributed by atoms with Crippen molar-refractivity contribution >= 4 is 16.8 Å². The summed E-state index contributed by atoms with van der Waals surface area (Å²) in [4.78, 5) is 15.2. The molecule has 1 fully saturated rings. The summed E-state index contributed by atoms with van der Waals surface area (Å²) in [6.45, 7) is 13.4. The fourth-order valence-corrected chi connectivity index (χ4v) is 5.13. The van der Waals surface area contributed by atoms with Crippen molar-refractivity contribution in [2.45, 2.75) is 60.0 Å². The number of rotatable bonds is 5. The molecule has 0 aliphatic carbocycles. The van der Waals surface area contributed by atoms with Crippen LogP contribution in [0.4, 0.5) is 0 Å². The highest BCUT2D eigenvalue weighted by molar-refractivity contribution is 5.99. The molecule has 5 nitrogen and oxygen atoms in total. The van der Waals surface area contributed by atoms with Crippen LogP contribution < -0.4 is 10.1 Å². The number of amides is 1. The minimum Gasteiger partial charge on any atom is -0.494 e. The molecule has 0 radical (unpaired) electrons. The van der Waals surface area contributed by atoms with Crippen LogP contribution in [0.15, 0.2) is 42.5 Å². The second kappa shape index (κ2) is 11.1. The molecule has 2 aromatic carbocycles. The molecule has 0 atom stereocenters. The summed E-state index contributed by atoms with van der Waals surface area (Å²) in [6, 6.07) is 14.7. The smallest absolute Gasteiger partial charge is 0.253 e. The minimum absolute atomic E-state index is 0.176. The molecule has 34 heavy (non-hydrogen) atoms. The second-order valence-corrected chi connectivity index (χ2v) is 9.22. The average Bonchev–Trinajstić information content (AvgIpc) is 3.19. The third-order valence-electron chi connectivity index (χ3n) is 7.02. The predicted molar refractivity (Wildman–Crippen MR) is 140 cm³/mol. The fraction of sp³-hybridized carbons (Fsp3) is 0.483. The summed E-state index contributed by atoms with van der Waals surface area (Å²) in [5.41, 5.74) is 6.03. The third kappa shape index (κ3) is 5.00. The van der Waals surface area contributed by atoms with Crippen molar-refractivity contribution in [1.82, 2.24) is 14.8 Å². The molecule has 0 bridgehead atoms. The summed E-state index contributed by atoms with van der Waals surface area (Å²) in [5.74, 6) is 1.81. The topological polar surface area (TPSA) is 46.5 Å². The van der Waals surface area contributed by atoms with Gasteiger partial charge in [-0.05, 0) is 67.1 Å². The number of fused-ring (bicyclic) bond motifs is 3. The lowest BCUT2D eigenvalue weighted by Crippen LogP contribution is -2.37. The van der Waals surface area contributed by atoms with Gasteiger partial charge in [0.15, 0.2) is 0 Å². The number of aromatic nitrogens is 1. The molecule has 3 heterocycles. The maximum absolute atomic E-state index is 13.2. The number of ether oxygens (including phenoxy) is 1. The Balaban J connectivity index is 0.00000133. The molecule has 5 heteroatoms. The van der Waals surface area contributed by atoms with Crippen LogP contribution in [0.2, 0.25) is 0 Å². The maximum Gasteiger partial charge on any atom is 0.253 e. The van der Waals surface area contributed by atoms with Crippen molar-refractivity contribution in [2.75, 3.05) is 26.2 Å². The quantitative estimate of drug-likeness (QED) is 0.535. The molecule has 1 amide bonds. The van der Waals surface area contributed by atoms with Gasteiger partial charge in [-0.15, -0.1) is 0 Å². The van der Waals surface area contributed by atoms with E-state index in [4.69, 9.17) is 4.74 Å². The molecule has 5 rings (SSSR count). The first-order valence-corrected chi connectivity index (χ1v) is 13.0. The van der Waals surface area contributed by atoms with Gasteiger partial charge >= 0.3 is 0 Å². The van der Waals surface area contributed by atoms with Crippen LogP contribution in [0.1, 0.15) is 67.7 Å². The number of nitrogens with one attached hydrogen (secondary N) is 1. The number of hydrogen-bond donors (Lipinski definition) is 1. The number of carbonyl (C=O) groups excluding carboxylic acids is 1. The molecular formula is C29H39N3O2. The van der Waals surface area contributed by atoms with Crippen LogP contribution in [0.5, 0.6) is 5.75 Å². The molecule has 1 aromatic heterocycles. The van der Waals surface area contributed by atoms with E-state index in [-0.39, 0.29) is 5.91 Å². The monoisotopic (exact) mass is 461 g/mol. The SMILES string of the molecule is CC.CCOc1ccc(Cn2c3c(c4cc(C(=O)N5CCC(C)CC5)ccc42)CNCC3)cc1. The Hall–Kier alpha value is -2.79. The van der Waals surface area contributed by atoms with E-state index in [2.05, 4.69) is 53.2 Å². The van der Waals surface area contributed by atoms with Gasteiger partial charge in [0.25, 0.3) is 5.91 Å². The lowest BCUT2D eigenvalue weighted by atomic mass is 9.98. The highest BCUT2D eigenvalue weighted by Gasteiger charge is 2.24. The molecule has 1 saturated heterocycles. The van der Waals surface area contributed by atoms with Crippen LogP contribution in [0, 0.1) is 5.92 Å². The number of hydrogen-bond acceptors (Lipinski definition) is 3. The van der Waals surface area contributed by atoms with Crippen molar-refractivity contribution in [1.29, 1.82) is 0 Å². The first-order chi connectivity index (χ1) is 16.6. The Kier molecular flexibility index (Phi) is 7.94. The minimum atomic E-state index is 0.176. The van der Waals surface area contributed by atoms with Crippen molar-refractivity contribution in [3.63, 3.8) is 0 Å². The standard InChI is InChI=1S/C27H33N3O2.C2H6/c1-3-32-22-7-4-20(5-8-22)18-30-25-9-6-21(27(31)29-14-11-19(2)12-15-29)16-23(25)24-17-28-13-10-26(24)30;1-2/h4-9,16,19,28H,3,10-15,17-18H2,1-2H3;1-2H3. The zero-order valence-corrected chi connectivity index (χ0v) is 21.2. The van der Waals surface area contributed by atoms with E-state index in [0.29, 0.717) is 6.61 Å². The van der Waals surface area contributed by atoms with Gasteiger partial charge in [0, 0.05) is 61.3 Å². The van der Waals surface area contributed by atoms with E-state index in [1.165, 1.54) is 27.7 Å². The Labute approximate surface area is 204 Å². The zero-order chi connectivity index (χ0) is 24.1. The summed E-state index contributed by atoms with van der Waals surface area (Å²) >= 11 is 0. The zero-order valence-electron chi connectivity index (χ0n) is 21.2. The molecule has 1 N–H and O–H groups in total. The second-order valence-electron chi connectivity index (χ2n) is 9.22. The summed E-state index contributed by atoms with van der Waals surface area (Å²) in [7, 11) is 0. The normalized spacial score (nSPS) is 16.1. The first kappa shape index (κ1) is 24.3. The van der Waals surface area contributed by atoms with E-state index >= 15 is 0 Å². The Morgan fingerprint density at radius 1 is 1.09 bits per heavy atom. The van der Waals surface area contributed by atoms with E-state index in [1.807, 2.05) is 31.7 Å². The molecule has 182 valence electrons. The number of nitrogens with zero attached hydrogens (tertiary/aromatic N) is 2. The Bertz CT molecular complexity index is 1110. The largest absolute Gasteiger partial charge is 0.494 e. The molecule has 2 aliphatic heterocycles. The maximum atomic E-state index is 13.2. The third-order valence-corrected chi connectivity index (χ3v) is 7.02. The van der Waals surface area contributed by atoms with Crippen molar-refractivity contribution in [2.24, 2.45) is 5.92 Å². The van der Waals surface area contributed by atoms with Gasteiger partial charge in [-0.1, -0.05) is 32.9 Å². The lowest BCUT2D eigenvalue weighted by Gasteiger charge is -2.30. The summed E-state index contributed by atoms with van der Waals surface area (Å²) in [6.07, 6.45) is 3.21. The molecule has 0 spiro atoms. The van der Waals surface area contributed by atoms with Crippen molar-refractivity contribution < 1.29 is 9.53 Å². The lowest BCUT2D eigenvalue weighted by molar-refractivity contribution is 0.0697. The molecular weight excluding hydrogens is 422 g/mol. The highest BCUT2D eigenvalue weighted by Crippen LogP contribution is 2.31. The van der Waals surface area contributed by atoms with Crippen LogP contribution in [0.3, 0.4) is 0 Å². The van der Waals surface area contributed by atoms with Crippen LogP contribution in [0.25, 0.3) is 10.9 Å². The van der Waals surface area contributed by atoms with Gasteiger partial charge in [-0.2, -0.15) is 0 Å². The van der Waals surface area contributed by atoms with Gasteiger partial charge < -0.3 is 19.5 Å². The Morgan fingerprint density at radius 3 is 2.53 bits per heavy atom. The Morgan fingerprint density at radius 2 is 1.82 bits per heavy atom. The highest BCUT2D eigenvalue weighted by atomic mass is 16.5. The molecule has 0 saturated carbocycles. The van der Waals surface area contributed by atoms with Gasteiger partial charge in [0.2, 0.25) is 0 Å². The van der Waals surface area contributed by atoms with Crippen molar-refractivity contribution in [3.8, 4) is 5.75 Å². The fourth-order valence-electron chi connectivity index (χ4n) is 5.13. The van der Waals surface area contributed by atoms with Gasteiger partial charge in [-0.3, -0.25) is 4.79 Å². The summed E-state index contributed by atoms with van der Waals surface area (Å²) < 4.78 is 8.04. The number of benzene rings is 2. The van der Waals surface area contributed by atoms with Crippen LogP contribution in [-0.4, -0.2) is 41.6 Å². The average molecular weight is 462 g/mol. The molecule has 2 aliphatic rings. The van der Waals surface area contributed by atoms with E-state index in [1.54, 1.807) is 0 Å². The van der Waals surface area contributed by atoms with Crippen molar-refractivity contribution in [3.05, 3.63) is 64.8 Å². The molecule has 3 aromatic rings. The summed E-state index contributed by atoms with van der Waals surface area (Å²) in [5, 5.41) is 4.74. The van der Waals surface area contributed by atoms with E-state index in [0.717, 1.165) is 69.2 Å².